The van der Waals surface area contributed by atoms with Crippen LogP contribution in [-0.2, 0) is 9.53 Å². The predicted molar refractivity (Wildman–Crippen MR) is 133 cm³/mol. The molecule has 6 nitrogen and oxygen atoms in total. The largest absolute Gasteiger partial charge is 0.497 e. The molecule has 2 aliphatic heterocycles. The van der Waals surface area contributed by atoms with Crippen LogP contribution in [-0.4, -0.2) is 18.6 Å². The lowest BCUT2D eigenvalue weighted by Gasteiger charge is -2.46. The normalized spacial score (nSPS) is 24.3. The van der Waals surface area contributed by atoms with Crippen LogP contribution in [0.15, 0.2) is 94.4 Å². The van der Waals surface area contributed by atoms with E-state index in [4.69, 9.17) is 16.0 Å². The molecule has 0 bridgehead atoms. The molecule has 0 radical (unpaired) electrons. The molecule has 0 amide bonds. The average Bonchev–Trinajstić information content (AvgIpc) is 3.40. The number of allylic oxidation sites excluding steroid dienone is 2. The Morgan fingerprint density at radius 3 is 2.49 bits per heavy atom. The number of rotatable bonds is 3. The molecule has 0 N–H and O–H groups in total. The Morgan fingerprint density at radius 2 is 1.89 bits per heavy atom. The van der Waals surface area contributed by atoms with E-state index >= 15 is 0 Å². The molecule has 2 unspecified atom stereocenters. The summed E-state index contributed by atoms with van der Waals surface area (Å²) in [4.78, 5) is 18.7. The summed E-state index contributed by atoms with van der Waals surface area (Å²) in [6.45, 7) is 13.5. The molecular formula is C29H23N3O3. The van der Waals surface area contributed by atoms with Crippen molar-refractivity contribution in [3.8, 4) is 11.8 Å². The summed E-state index contributed by atoms with van der Waals surface area (Å²) in [5, 5.41) is 9.50. The molecule has 3 aliphatic rings. The van der Waals surface area contributed by atoms with E-state index in [1.54, 1.807) is 7.11 Å². The number of nitriles is 1. The van der Waals surface area contributed by atoms with Crippen molar-refractivity contribution in [2.75, 3.05) is 12.0 Å². The van der Waals surface area contributed by atoms with Gasteiger partial charge in [0.1, 0.15) is 5.75 Å². The molecule has 172 valence electrons. The van der Waals surface area contributed by atoms with Gasteiger partial charge >= 0.3 is 11.7 Å². The van der Waals surface area contributed by atoms with Crippen molar-refractivity contribution in [1.29, 1.82) is 5.26 Å². The first kappa shape index (κ1) is 22.3. The standard InChI is InChI=1S/C29H23N3O3/c1-17-22-15-24(19-9-7-6-8-10-19)32(20-11-13-21(34-5)14-12-20)29(22,3)18(2)26-25(17)27(35-28(26)33)23(16-30)31-4/h6-15,18H,1-3,5H3. The van der Waals surface area contributed by atoms with E-state index < -0.39 is 11.5 Å². The minimum absolute atomic E-state index is 0.0685. The monoisotopic (exact) mass is 461 g/mol. The van der Waals surface area contributed by atoms with Crippen molar-refractivity contribution in [2.24, 2.45) is 5.92 Å². The molecule has 2 aromatic rings. The number of carbonyl (C=O) groups is 1. The van der Waals surface area contributed by atoms with Gasteiger partial charge in [0.2, 0.25) is 0 Å². The zero-order valence-electron chi connectivity index (χ0n) is 19.9. The van der Waals surface area contributed by atoms with Gasteiger partial charge in [0.25, 0.3) is 0 Å². The van der Waals surface area contributed by atoms with Crippen LogP contribution < -0.4 is 9.64 Å². The van der Waals surface area contributed by atoms with E-state index in [0.29, 0.717) is 11.1 Å². The third kappa shape index (κ3) is 3.04. The maximum atomic E-state index is 13.1. The molecule has 6 heteroatoms. The average molecular weight is 462 g/mol. The molecule has 35 heavy (non-hydrogen) atoms. The van der Waals surface area contributed by atoms with Gasteiger partial charge in [0.05, 0.1) is 30.9 Å². The van der Waals surface area contributed by atoms with E-state index in [1.807, 2.05) is 62.4 Å². The van der Waals surface area contributed by atoms with Crippen molar-refractivity contribution in [3.63, 3.8) is 0 Å². The summed E-state index contributed by atoms with van der Waals surface area (Å²) in [5.41, 5.74) is 5.12. The summed E-state index contributed by atoms with van der Waals surface area (Å²) in [6.07, 6.45) is 2.15. The Kier molecular flexibility index (Phi) is 5.11. The Balaban J connectivity index is 1.79. The first-order valence-electron chi connectivity index (χ1n) is 11.3. The lowest BCUT2D eigenvalue weighted by molar-refractivity contribution is -0.133. The predicted octanol–water partition coefficient (Wildman–Crippen LogP) is 5.79. The summed E-state index contributed by atoms with van der Waals surface area (Å²) in [7, 11) is 1.64. The number of methoxy groups -OCH3 is 1. The Hall–Kier alpha value is -4.55. The van der Waals surface area contributed by atoms with Gasteiger partial charge in [0.15, 0.2) is 5.76 Å². The molecule has 0 spiro atoms. The zero-order chi connectivity index (χ0) is 24.9. The van der Waals surface area contributed by atoms with E-state index in [9.17, 15) is 10.1 Å². The summed E-state index contributed by atoms with van der Waals surface area (Å²) in [6, 6.07) is 19.9. The highest BCUT2D eigenvalue weighted by Gasteiger charge is 2.55. The Morgan fingerprint density at radius 1 is 1.20 bits per heavy atom. The third-order valence-corrected chi connectivity index (χ3v) is 7.33. The van der Waals surface area contributed by atoms with Gasteiger partial charge in [0, 0.05) is 22.9 Å². The quantitative estimate of drug-likeness (QED) is 0.329. The van der Waals surface area contributed by atoms with Crippen molar-refractivity contribution in [3.05, 3.63) is 111 Å². The molecule has 2 atom stereocenters. The number of ether oxygens (including phenoxy) is 2. The Labute approximate surface area is 204 Å². The van der Waals surface area contributed by atoms with E-state index in [2.05, 4.69) is 34.9 Å². The summed E-state index contributed by atoms with van der Waals surface area (Å²) < 4.78 is 10.9. The molecule has 1 aliphatic carbocycles. The van der Waals surface area contributed by atoms with Gasteiger partial charge in [-0.15, -0.1) is 0 Å². The number of anilines is 1. The van der Waals surface area contributed by atoms with Gasteiger partial charge in [-0.1, -0.05) is 37.3 Å². The second-order valence-electron chi connectivity index (χ2n) is 8.92. The number of cyclic esters (lactones) is 1. The Bertz CT molecular complexity index is 1450. The summed E-state index contributed by atoms with van der Waals surface area (Å²) >= 11 is 0. The fourth-order valence-corrected chi connectivity index (χ4v) is 5.49. The number of carbonyl (C=O) groups excluding carboxylic acids is 1. The summed E-state index contributed by atoms with van der Waals surface area (Å²) in [5.74, 6) is 0.0427. The first-order chi connectivity index (χ1) is 16.9. The highest BCUT2D eigenvalue weighted by Crippen LogP contribution is 2.57. The molecule has 0 aromatic heterocycles. The first-order valence-corrected chi connectivity index (χ1v) is 11.3. The number of benzene rings is 2. The van der Waals surface area contributed by atoms with Crippen molar-refractivity contribution < 1.29 is 14.3 Å². The van der Waals surface area contributed by atoms with Gasteiger partial charge in [-0.25, -0.2) is 14.9 Å². The second kappa shape index (κ2) is 8.04. The number of hydrogen-bond donors (Lipinski definition) is 0. The molecule has 0 saturated carbocycles. The van der Waals surface area contributed by atoms with Crippen LogP contribution in [0.2, 0.25) is 0 Å². The van der Waals surface area contributed by atoms with Crippen molar-refractivity contribution in [1.82, 2.24) is 0 Å². The van der Waals surface area contributed by atoms with Crippen LogP contribution in [0, 0.1) is 23.8 Å². The molecule has 2 heterocycles. The van der Waals surface area contributed by atoms with Crippen molar-refractivity contribution >= 4 is 17.4 Å². The molecule has 0 fully saturated rings. The minimum atomic E-state index is -0.609. The lowest BCUT2D eigenvalue weighted by atomic mass is 9.68. The third-order valence-electron chi connectivity index (χ3n) is 7.33. The molecule has 2 aromatic carbocycles. The molecular weight excluding hydrogens is 438 g/mol. The zero-order valence-corrected chi connectivity index (χ0v) is 19.9. The fraction of sp³-hybridized carbons (Fsp3) is 0.207. The van der Waals surface area contributed by atoms with Gasteiger partial charge in [-0.05, 0) is 60.9 Å². The smallest absolute Gasteiger partial charge is 0.339 e. The van der Waals surface area contributed by atoms with Crippen LogP contribution >= 0.6 is 0 Å². The van der Waals surface area contributed by atoms with Crippen LogP contribution in [0.4, 0.5) is 5.69 Å². The molecule has 5 rings (SSSR count). The topological polar surface area (TPSA) is 66.9 Å². The number of nitrogens with zero attached hydrogens (tertiary/aromatic N) is 3. The molecule has 0 saturated heterocycles. The number of fused-ring (bicyclic) bond motifs is 1. The fourth-order valence-electron chi connectivity index (χ4n) is 5.49. The van der Waals surface area contributed by atoms with E-state index in [1.165, 1.54) is 0 Å². The van der Waals surface area contributed by atoms with Crippen LogP contribution in [0.1, 0.15) is 26.3 Å². The van der Waals surface area contributed by atoms with Crippen LogP contribution in [0.5, 0.6) is 5.75 Å². The number of hydrogen-bond acceptors (Lipinski definition) is 5. The van der Waals surface area contributed by atoms with Gasteiger partial charge in [-0.2, -0.15) is 0 Å². The van der Waals surface area contributed by atoms with Gasteiger partial charge in [-0.3, -0.25) is 0 Å². The second-order valence-corrected chi connectivity index (χ2v) is 8.92. The highest BCUT2D eigenvalue weighted by molar-refractivity contribution is 6.01. The maximum absolute atomic E-state index is 13.1. The van der Waals surface area contributed by atoms with Crippen molar-refractivity contribution in [2.45, 2.75) is 26.3 Å². The van der Waals surface area contributed by atoms with Gasteiger partial charge < -0.3 is 14.4 Å². The SMILES string of the molecule is [C-]#[N+]C(C#N)=C1OC(=O)C2=C1C(C)=C1C=C(c3ccccc3)N(c3ccc(OC)cc3)C1(C)C2C. The van der Waals surface area contributed by atoms with E-state index in [-0.39, 0.29) is 17.4 Å². The minimum Gasteiger partial charge on any atom is -0.497 e. The lowest BCUT2D eigenvalue weighted by Crippen LogP contribution is -2.51. The highest BCUT2D eigenvalue weighted by atomic mass is 16.5. The maximum Gasteiger partial charge on any atom is 0.339 e. The van der Waals surface area contributed by atoms with Crippen LogP contribution in [0.3, 0.4) is 0 Å². The van der Waals surface area contributed by atoms with Crippen LogP contribution in [0.25, 0.3) is 10.5 Å². The van der Waals surface area contributed by atoms with E-state index in [0.717, 1.165) is 33.8 Å². The number of esters is 1.